The first-order chi connectivity index (χ1) is 13.0. The molecule has 2 amide bonds. The molecular formula is C19H26N3O4S+. The number of ether oxygens (including phenoxy) is 2. The molecule has 8 heteroatoms. The van der Waals surface area contributed by atoms with Gasteiger partial charge in [0.2, 0.25) is 5.91 Å². The van der Waals surface area contributed by atoms with Gasteiger partial charge in [-0.15, -0.1) is 11.3 Å². The van der Waals surface area contributed by atoms with E-state index in [0.717, 1.165) is 21.9 Å². The predicted octanol–water partition coefficient (Wildman–Crippen LogP) is 0.908. The van der Waals surface area contributed by atoms with Crippen LogP contribution in [-0.2, 0) is 22.7 Å². The molecule has 146 valence electrons. The normalized spacial score (nSPS) is 11.5. The summed E-state index contributed by atoms with van der Waals surface area (Å²) in [5, 5.41) is 2.02. The fourth-order valence-corrected chi connectivity index (χ4v) is 3.13. The third-order valence-corrected chi connectivity index (χ3v) is 4.77. The molecule has 1 aromatic heterocycles. The van der Waals surface area contributed by atoms with Crippen LogP contribution < -0.4 is 25.2 Å². The van der Waals surface area contributed by atoms with Crippen LogP contribution in [0.4, 0.5) is 0 Å². The second-order valence-corrected chi connectivity index (χ2v) is 7.07. The molecule has 0 aliphatic heterocycles. The number of carbonyl (C=O) groups is 2. The molecule has 0 aliphatic rings. The lowest BCUT2D eigenvalue weighted by Gasteiger charge is -2.18. The maximum absolute atomic E-state index is 11.9. The molecule has 2 aromatic rings. The van der Waals surface area contributed by atoms with Crippen molar-refractivity contribution in [1.29, 1.82) is 0 Å². The smallest absolute Gasteiger partial charge is 0.293 e. The zero-order valence-electron chi connectivity index (χ0n) is 15.8. The summed E-state index contributed by atoms with van der Waals surface area (Å²) in [4.78, 5) is 25.0. The molecule has 27 heavy (non-hydrogen) atoms. The van der Waals surface area contributed by atoms with Gasteiger partial charge in [0.1, 0.15) is 13.2 Å². The van der Waals surface area contributed by atoms with Crippen LogP contribution in [0.2, 0.25) is 0 Å². The van der Waals surface area contributed by atoms with Crippen molar-refractivity contribution in [3.8, 4) is 11.5 Å². The Hall–Kier alpha value is -2.58. The highest BCUT2D eigenvalue weighted by Gasteiger charge is 2.15. The van der Waals surface area contributed by atoms with E-state index in [1.807, 2.05) is 42.6 Å². The Balaban J connectivity index is 1.96. The largest absolute Gasteiger partial charge is 0.493 e. The number of quaternary nitrogens is 1. The number of likely N-dealkylation sites (N-methyl/N-ethyl adjacent to an activating group) is 1. The Bertz CT molecular complexity index is 749. The number of methoxy groups -OCH3 is 1. The van der Waals surface area contributed by atoms with Crippen molar-refractivity contribution in [2.24, 2.45) is 0 Å². The number of rotatable bonds is 9. The minimum atomic E-state index is -0.302. The summed E-state index contributed by atoms with van der Waals surface area (Å²) in [5.74, 6) is 0.826. The molecule has 1 aromatic carbocycles. The number of amides is 2. The van der Waals surface area contributed by atoms with Crippen molar-refractivity contribution >= 4 is 23.2 Å². The lowest BCUT2D eigenvalue weighted by atomic mass is 10.2. The first-order valence-electron chi connectivity index (χ1n) is 8.73. The van der Waals surface area contributed by atoms with Crippen LogP contribution >= 0.6 is 11.3 Å². The standard InChI is InChI=1S/C19H25N3O4S/c1-4-22(12-19(24)21-20-14(2)23)11-15-7-8-17(18(10-15)25-3)26-13-16-6-5-9-27-16/h5-10H,4,11-13H2,1-3H3,(H,20,23)(H,21,24)/p+1. The zero-order chi connectivity index (χ0) is 19.6. The predicted molar refractivity (Wildman–Crippen MR) is 104 cm³/mol. The van der Waals surface area contributed by atoms with Gasteiger partial charge in [-0.2, -0.15) is 0 Å². The number of carbonyl (C=O) groups excluding carboxylic acids is 2. The van der Waals surface area contributed by atoms with E-state index in [1.165, 1.54) is 6.92 Å². The van der Waals surface area contributed by atoms with Gasteiger partial charge in [0, 0.05) is 17.4 Å². The lowest BCUT2D eigenvalue weighted by molar-refractivity contribution is -0.904. The lowest BCUT2D eigenvalue weighted by Crippen LogP contribution is -3.11. The van der Waals surface area contributed by atoms with Crippen LogP contribution in [-0.4, -0.2) is 32.0 Å². The Kier molecular flexibility index (Phi) is 8.09. The van der Waals surface area contributed by atoms with Crippen LogP contribution in [0.15, 0.2) is 35.7 Å². The number of hydrogen-bond donors (Lipinski definition) is 3. The van der Waals surface area contributed by atoms with Gasteiger partial charge in [-0.1, -0.05) is 6.07 Å². The van der Waals surface area contributed by atoms with E-state index in [-0.39, 0.29) is 18.4 Å². The van der Waals surface area contributed by atoms with Crippen LogP contribution in [0.1, 0.15) is 24.3 Å². The maximum Gasteiger partial charge on any atom is 0.293 e. The van der Waals surface area contributed by atoms with Gasteiger partial charge in [0.15, 0.2) is 18.0 Å². The number of benzene rings is 1. The third kappa shape index (κ3) is 6.92. The molecule has 0 spiro atoms. The van der Waals surface area contributed by atoms with E-state index in [4.69, 9.17) is 9.47 Å². The zero-order valence-corrected chi connectivity index (χ0v) is 16.7. The number of hydrogen-bond acceptors (Lipinski definition) is 5. The van der Waals surface area contributed by atoms with Crippen molar-refractivity contribution in [2.45, 2.75) is 27.0 Å². The SMILES string of the molecule is CC[NH+](CC(=O)NNC(C)=O)Cc1ccc(OCc2cccs2)c(OC)c1. The Morgan fingerprint density at radius 1 is 1.19 bits per heavy atom. The first kappa shape index (κ1) is 20.7. The van der Waals surface area contributed by atoms with E-state index in [0.29, 0.717) is 24.7 Å². The molecule has 0 aliphatic carbocycles. The molecule has 2 rings (SSSR count). The fourth-order valence-electron chi connectivity index (χ4n) is 2.51. The molecule has 1 atom stereocenters. The van der Waals surface area contributed by atoms with Gasteiger partial charge in [-0.3, -0.25) is 20.4 Å². The summed E-state index contributed by atoms with van der Waals surface area (Å²) in [5.41, 5.74) is 5.73. The monoisotopic (exact) mass is 392 g/mol. The van der Waals surface area contributed by atoms with Gasteiger partial charge in [0.05, 0.1) is 13.7 Å². The van der Waals surface area contributed by atoms with Gasteiger partial charge < -0.3 is 14.4 Å². The Morgan fingerprint density at radius 2 is 2.00 bits per heavy atom. The van der Waals surface area contributed by atoms with Crippen molar-refractivity contribution in [3.63, 3.8) is 0 Å². The molecule has 7 nitrogen and oxygen atoms in total. The number of thiophene rings is 1. The first-order valence-corrected chi connectivity index (χ1v) is 9.60. The van der Waals surface area contributed by atoms with Gasteiger partial charge in [0.25, 0.3) is 5.91 Å². The van der Waals surface area contributed by atoms with Gasteiger partial charge in [-0.05, 0) is 36.6 Å². The molecule has 1 unspecified atom stereocenters. The topological polar surface area (TPSA) is 81.1 Å². The highest BCUT2D eigenvalue weighted by molar-refractivity contribution is 7.09. The quantitative estimate of drug-likeness (QED) is 0.554. The third-order valence-electron chi connectivity index (χ3n) is 3.92. The molecule has 0 fully saturated rings. The van der Waals surface area contributed by atoms with Crippen molar-refractivity contribution in [3.05, 3.63) is 46.2 Å². The molecule has 0 bridgehead atoms. The number of nitrogens with one attached hydrogen (secondary N) is 3. The number of hydrazine groups is 1. The molecule has 1 heterocycles. The summed E-state index contributed by atoms with van der Waals surface area (Å²) in [7, 11) is 1.61. The van der Waals surface area contributed by atoms with E-state index >= 15 is 0 Å². The Labute approximate surface area is 163 Å². The Morgan fingerprint density at radius 3 is 2.63 bits per heavy atom. The average molecular weight is 393 g/mol. The summed E-state index contributed by atoms with van der Waals surface area (Å²) in [6.07, 6.45) is 0. The highest BCUT2D eigenvalue weighted by Crippen LogP contribution is 2.29. The summed E-state index contributed by atoms with van der Waals surface area (Å²) in [6.45, 7) is 5.55. The second kappa shape index (κ2) is 10.5. The van der Waals surface area contributed by atoms with Gasteiger partial charge >= 0.3 is 0 Å². The second-order valence-electron chi connectivity index (χ2n) is 6.04. The molecule has 0 radical (unpaired) electrons. The van der Waals surface area contributed by atoms with Gasteiger partial charge in [-0.25, -0.2) is 0 Å². The molecule has 0 saturated heterocycles. The van der Waals surface area contributed by atoms with E-state index < -0.39 is 0 Å². The van der Waals surface area contributed by atoms with E-state index in [2.05, 4.69) is 10.9 Å². The van der Waals surface area contributed by atoms with E-state index in [1.54, 1.807) is 18.4 Å². The minimum absolute atomic E-state index is 0.232. The summed E-state index contributed by atoms with van der Waals surface area (Å²) in [6, 6.07) is 9.83. The van der Waals surface area contributed by atoms with Crippen molar-refractivity contribution in [1.82, 2.24) is 10.9 Å². The minimum Gasteiger partial charge on any atom is -0.493 e. The average Bonchev–Trinajstić information content (AvgIpc) is 3.18. The maximum atomic E-state index is 11.9. The molecule has 3 N–H and O–H groups in total. The van der Waals surface area contributed by atoms with Crippen molar-refractivity contribution < 1.29 is 24.0 Å². The van der Waals surface area contributed by atoms with Crippen LogP contribution in [0.5, 0.6) is 11.5 Å². The fraction of sp³-hybridized carbons (Fsp3) is 0.368. The summed E-state index contributed by atoms with van der Waals surface area (Å²) >= 11 is 1.65. The van der Waals surface area contributed by atoms with Crippen molar-refractivity contribution in [2.75, 3.05) is 20.2 Å². The summed E-state index contributed by atoms with van der Waals surface area (Å²) < 4.78 is 11.3. The molecular weight excluding hydrogens is 366 g/mol. The highest BCUT2D eigenvalue weighted by atomic mass is 32.1. The van der Waals surface area contributed by atoms with Crippen LogP contribution in [0, 0.1) is 0 Å². The molecule has 0 saturated carbocycles. The van der Waals surface area contributed by atoms with Crippen LogP contribution in [0.25, 0.3) is 0 Å². The van der Waals surface area contributed by atoms with E-state index in [9.17, 15) is 9.59 Å². The van der Waals surface area contributed by atoms with Crippen LogP contribution in [0.3, 0.4) is 0 Å².